The topological polar surface area (TPSA) is 66.6 Å². The first kappa shape index (κ1) is 15.3. The summed E-state index contributed by atoms with van der Waals surface area (Å²) in [5.41, 5.74) is 5.87. The van der Waals surface area contributed by atoms with E-state index >= 15 is 0 Å². The minimum Gasteiger partial charge on any atom is -0.342 e. The molecule has 2 heterocycles. The Morgan fingerprint density at radius 1 is 1.40 bits per heavy atom. The lowest BCUT2D eigenvalue weighted by Crippen LogP contribution is -2.45. The predicted molar refractivity (Wildman–Crippen MR) is 78.0 cm³/mol. The minimum absolute atomic E-state index is 0.137. The molecule has 5 nitrogen and oxygen atoms in total. The second-order valence-corrected chi connectivity index (χ2v) is 6.25. The Morgan fingerprint density at radius 3 is 2.65 bits per heavy atom. The van der Waals surface area contributed by atoms with E-state index in [-0.39, 0.29) is 29.8 Å². The molecular weight excluding hydrogens is 254 g/mol. The number of nitrogens with zero attached hydrogens (tertiary/aromatic N) is 2. The Balaban J connectivity index is 1.91. The normalized spacial score (nSPS) is 26.1. The number of carbonyl (C=O) groups excluding carboxylic acids is 2. The molecule has 2 aliphatic rings. The summed E-state index contributed by atoms with van der Waals surface area (Å²) in [4.78, 5) is 28.3. The van der Waals surface area contributed by atoms with Crippen LogP contribution in [0, 0.1) is 5.92 Å². The second-order valence-electron chi connectivity index (χ2n) is 6.25. The van der Waals surface area contributed by atoms with E-state index in [1.165, 1.54) is 0 Å². The number of amides is 2. The summed E-state index contributed by atoms with van der Waals surface area (Å²) in [6.45, 7) is 6.29. The van der Waals surface area contributed by atoms with Crippen LogP contribution in [-0.4, -0.2) is 53.3 Å². The average molecular weight is 281 g/mol. The molecule has 0 aromatic rings. The highest BCUT2D eigenvalue weighted by Gasteiger charge is 2.38. The molecule has 0 bridgehead atoms. The van der Waals surface area contributed by atoms with Crippen LogP contribution in [0.3, 0.4) is 0 Å². The zero-order chi connectivity index (χ0) is 14.7. The summed E-state index contributed by atoms with van der Waals surface area (Å²) in [7, 11) is 0. The van der Waals surface area contributed by atoms with Crippen LogP contribution in [0.1, 0.15) is 46.0 Å². The molecule has 0 aromatic carbocycles. The van der Waals surface area contributed by atoms with Crippen LogP contribution in [0.25, 0.3) is 0 Å². The third-order valence-electron chi connectivity index (χ3n) is 4.60. The van der Waals surface area contributed by atoms with Gasteiger partial charge in [-0.05, 0) is 26.2 Å². The molecule has 2 amide bonds. The van der Waals surface area contributed by atoms with Gasteiger partial charge >= 0.3 is 0 Å². The molecule has 2 unspecified atom stereocenters. The molecule has 2 N–H and O–H groups in total. The highest BCUT2D eigenvalue weighted by atomic mass is 16.2. The van der Waals surface area contributed by atoms with Crippen LogP contribution in [0.4, 0.5) is 0 Å². The van der Waals surface area contributed by atoms with Crippen LogP contribution in [0.5, 0.6) is 0 Å². The molecule has 2 rings (SSSR count). The van der Waals surface area contributed by atoms with Crippen molar-refractivity contribution in [3.8, 4) is 0 Å². The molecule has 2 saturated heterocycles. The summed E-state index contributed by atoms with van der Waals surface area (Å²) >= 11 is 0. The Hall–Kier alpha value is -1.10. The quantitative estimate of drug-likeness (QED) is 0.835. The summed E-state index contributed by atoms with van der Waals surface area (Å²) < 4.78 is 0. The van der Waals surface area contributed by atoms with Crippen molar-refractivity contribution in [2.75, 3.05) is 19.6 Å². The Kier molecular flexibility index (Phi) is 5.02. The van der Waals surface area contributed by atoms with Gasteiger partial charge in [0.1, 0.15) is 0 Å². The fraction of sp³-hybridized carbons (Fsp3) is 0.867. The van der Waals surface area contributed by atoms with Gasteiger partial charge in [-0.15, -0.1) is 0 Å². The number of piperidine rings is 1. The van der Waals surface area contributed by atoms with Crippen molar-refractivity contribution in [1.29, 1.82) is 0 Å². The van der Waals surface area contributed by atoms with Gasteiger partial charge in [-0.1, -0.05) is 13.3 Å². The van der Waals surface area contributed by atoms with Crippen molar-refractivity contribution < 1.29 is 9.59 Å². The van der Waals surface area contributed by atoms with Gasteiger partial charge < -0.3 is 15.5 Å². The smallest absolute Gasteiger partial charge is 0.227 e. The average Bonchev–Trinajstić information content (AvgIpc) is 2.81. The number of hydrogen-bond acceptors (Lipinski definition) is 3. The van der Waals surface area contributed by atoms with E-state index in [0.29, 0.717) is 13.0 Å². The zero-order valence-corrected chi connectivity index (χ0v) is 12.7. The molecule has 5 heteroatoms. The lowest BCUT2D eigenvalue weighted by molar-refractivity contribution is -0.136. The van der Waals surface area contributed by atoms with E-state index < -0.39 is 0 Å². The van der Waals surface area contributed by atoms with Crippen LogP contribution in [0.15, 0.2) is 0 Å². The molecule has 2 atom stereocenters. The minimum atomic E-state index is -0.142. The molecule has 2 fully saturated rings. The Morgan fingerprint density at radius 2 is 2.05 bits per heavy atom. The summed E-state index contributed by atoms with van der Waals surface area (Å²) in [6.07, 6.45) is 4.21. The number of likely N-dealkylation sites (tertiary alicyclic amines) is 2. The van der Waals surface area contributed by atoms with E-state index in [2.05, 4.69) is 13.8 Å². The van der Waals surface area contributed by atoms with Gasteiger partial charge in [-0.2, -0.15) is 0 Å². The Labute approximate surface area is 121 Å². The number of rotatable bonds is 4. The lowest BCUT2D eigenvalue weighted by Gasteiger charge is -2.32. The van der Waals surface area contributed by atoms with Gasteiger partial charge in [-0.3, -0.25) is 9.59 Å². The van der Waals surface area contributed by atoms with E-state index in [4.69, 9.17) is 5.73 Å². The van der Waals surface area contributed by atoms with E-state index in [9.17, 15) is 9.59 Å². The van der Waals surface area contributed by atoms with Crippen molar-refractivity contribution in [2.24, 2.45) is 11.7 Å². The first-order chi connectivity index (χ1) is 9.52. The van der Waals surface area contributed by atoms with Crippen molar-refractivity contribution in [2.45, 2.75) is 58.0 Å². The van der Waals surface area contributed by atoms with Gasteiger partial charge in [0.25, 0.3) is 0 Å². The van der Waals surface area contributed by atoms with Gasteiger partial charge in [-0.25, -0.2) is 0 Å². The van der Waals surface area contributed by atoms with Crippen molar-refractivity contribution >= 4 is 11.8 Å². The van der Waals surface area contributed by atoms with Gasteiger partial charge in [0.15, 0.2) is 0 Å². The van der Waals surface area contributed by atoms with Gasteiger partial charge in [0, 0.05) is 38.1 Å². The highest BCUT2D eigenvalue weighted by molar-refractivity contribution is 5.89. The van der Waals surface area contributed by atoms with Crippen molar-refractivity contribution in [1.82, 2.24) is 9.80 Å². The highest BCUT2D eigenvalue weighted by Crippen LogP contribution is 2.24. The van der Waals surface area contributed by atoms with E-state index in [0.717, 1.165) is 38.8 Å². The SMILES string of the molecule is CCCC(C)N1CC(C(=O)N2CCC(N)CC2)CC1=O. The van der Waals surface area contributed by atoms with Crippen LogP contribution in [0.2, 0.25) is 0 Å². The van der Waals surface area contributed by atoms with Crippen molar-refractivity contribution in [3.05, 3.63) is 0 Å². The van der Waals surface area contributed by atoms with Gasteiger partial charge in [0.2, 0.25) is 11.8 Å². The van der Waals surface area contributed by atoms with Crippen LogP contribution in [-0.2, 0) is 9.59 Å². The summed E-state index contributed by atoms with van der Waals surface area (Å²) in [5, 5.41) is 0. The molecule has 20 heavy (non-hydrogen) atoms. The maximum Gasteiger partial charge on any atom is 0.227 e. The fourth-order valence-corrected chi connectivity index (χ4v) is 3.27. The monoisotopic (exact) mass is 281 g/mol. The molecule has 0 saturated carbocycles. The van der Waals surface area contributed by atoms with Gasteiger partial charge in [0.05, 0.1) is 5.92 Å². The van der Waals surface area contributed by atoms with E-state index in [1.807, 2.05) is 9.80 Å². The molecule has 114 valence electrons. The number of hydrogen-bond donors (Lipinski definition) is 1. The number of nitrogens with two attached hydrogens (primary N) is 1. The maximum absolute atomic E-state index is 12.5. The molecular formula is C15H27N3O2. The van der Waals surface area contributed by atoms with Crippen molar-refractivity contribution in [3.63, 3.8) is 0 Å². The molecule has 2 aliphatic heterocycles. The van der Waals surface area contributed by atoms with E-state index in [1.54, 1.807) is 0 Å². The fourth-order valence-electron chi connectivity index (χ4n) is 3.27. The molecule has 0 spiro atoms. The Bertz CT molecular complexity index is 364. The molecule has 0 aliphatic carbocycles. The zero-order valence-electron chi connectivity index (χ0n) is 12.7. The lowest BCUT2D eigenvalue weighted by atomic mass is 10.0. The second kappa shape index (κ2) is 6.57. The third-order valence-corrected chi connectivity index (χ3v) is 4.60. The summed E-state index contributed by atoms with van der Waals surface area (Å²) in [5.74, 6) is 0.144. The number of carbonyl (C=O) groups is 2. The maximum atomic E-state index is 12.5. The first-order valence-electron chi connectivity index (χ1n) is 7.86. The molecule has 0 aromatic heterocycles. The summed E-state index contributed by atoms with van der Waals surface area (Å²) in [6, 6.07) is 0.477. The molecule has 0 radical (unpaired) electrons. The first-order valence-corrected chi connectivity index (χ1v) is 7.86. The predicted octanol–water partition coefficient (Wildman–Crippen LogP) is 0.973. The third kappa shape index (κ3) is 3.32. The largest absolute Gasteiger partial charge is 0.342 e. The standard InChI is InChI=1S/C15H27N3O2/c1-3-4-11(2)18-10-12(9-14(18)19)15(20)17-7-5-13(16)6-8-17/h11-13H,3-10,16H2,1-2H3. The van der Waals surface area contributed by atoms with Crippen LogP contribution >= 0.6 is 0 Å². The van der Waals surface area contributed by atoms with Crippen LogP contribution < -0.4 is 5.73 Å².